The first-order valence-electron chi connectivity index (χ1n) is 7.02. The number of carbonyl (C=O) groups excluding carboxylic acids is 1. The molecule has 132 valence electrons. The van der Waals surface area contributed by atoms with Gasteiger partial charge in [0.1, 0.15) is 6.07 Å². The number of benzene rings is 2. The molecule has 2 N–H and O–H groups in total. The van der Waals surface area contributed by atoms with Gasteiger partial charge < -0.3 is 5.32 Å². The summed E-state index contributed by atoms with van der Waals surface area (Å²) in [4.78, 5) is 16.1. The second-order valence-electron chi connectivity index (χ2n) is 5.08. The summed E-state index contributed by atoms with van der Waals surface area (Å²) in [5, 5.41) is 14.1. The molecule has 0 spiro atoms. The largest absolute Gasteiger partial charge is 0.416 e. The van der Waals surface area contributed by atoms with Gasteiger partial charge in [0.05, 0.1) is 26.4 Å². The zero-order chi connectivity index (χ0) is 18.9. The van der Waals surface area contributed by atoms with Gasteiger partial charge >= 0.3 is 12.2 Å². The van der Waals surface area contributed by atoms with Crippen molar-refractivity contribution in [3.63, 3.8) is 0 Å². The second kappa shape index (κ2) is 6.82. The molecule has 2 amide bonds. The molecular formula is C16H8ClF3N4OS. The lowest BCUT2D eigenvalue weighted by molar-refractivity contribution is -0.137. The first-order chi connectivity index (χ1) is 12.3. The number of aromatic nitrogens is 1. The molecule has 0 aliphatic rings. The Bertz CT molecular complexity index is 1040. The molecule has 0 unspecified atom stereocenters. The van der Waals surface area contributed by atoms with Crippen molar-refractivity contribution in [3.8, 4) is 6.07 Å². The van der Waals surface area contributed by atoms with Crippen molar-refractivity contribution in [3.05, 3.63) is 52.5 Å². The number of nitriles is 1. The average molecular weight is 397 g/mol. The molecule has 0 saturated carbocycles. The van der Waals surface area contributed by atoms with Crippen molar-refractivity contribution >= 4 is 50.0 Å². The second-order valence-corrected chi connectivity index (χ2v) is 6.52. The van der Waals surface area contributed by atoms with Gasteiger partial charge in [0, 0.05) is 5.69 Å². The Morgan fingerprint density at radius 2 is 1.96 bits per heavy atom. The van der Waals surface area contributed by atoms with E-state index in [1.807, 2.05) is 6.07 Å². The zero-order valence-electron chi connectivity index (χ0n) is 12.7. The molecule has 3 rings (SSSR count). The predicted molar refractivity (Wildman–Crippen MR) is 93.4 cm³/mol. The number of halogens is 4. The van der Waals surface area contributed by atoms with Crippen molar-refractivity contribution < 1.29 is 18.0 Å². The first kappa shape index (κ1) is 18.0. The summed E-state index contributed by atoms with van der Waals surface area (Å²) < 4.78 is 38.5. The number of thiazole rings is 1. The third-order valence-corrected chi connectivity index (χ3v) is 4.53. The van der Waals surface area contributed by atoms with Crippen molar-refractivity contribution in [2.75, 3.05) is 10.6 Å². The number of hydrogen-bond acceptors (Lipinski definition) is 4. The number of hydrogen-bond donors (Lipinski definition) is 2. The lowest BCUT2D eigenvalue weighted by Crippen LogP contribution is -2.19. The van der Waals surface area contributed by atoms with Crippen molar-refractivity contribution in [1.29, 1.82) is 5.26 Å². The zero-order valence-corrected chi connectivity index (χ0v) is 14.3. The van der Waals surface area contributed by atoms with Crippen LogP contribution in [0, 0.1) is 11.3 Å². The van der Waals surface area contributed by atoms with Gasteiger partial charge in [0.15, 0.2) is 5.13 Å². The van der Waals surface area contributed by atoms with Crippen LogP contribution in [0.3, 0.4) is 0 Å². The van der Waals surface area contributed by atoms with Crippen molar-refractivity contribution in [2.45, 2.75) is 6.18 Å². The number of anilines is 2. The van der Waals surface area contributed by atoms with Crippen LogP contribution in [-0.2, 0) is 6.18 Å². The highest BCUT2D eigenvalue weighted by Gasteiger charge is 2.30. The van der Waals surface area contributed by atoms with Crippen LogP contribution in [-0.4, -0.2) is 11.0 Å². The molecule has 0 aliphatic carbocycles. The maximum atomic E-state index is 12.7. The van der Waals surface area contributed by atoms with E-state index in [1.54, 1.807) is 0 Å². The number of nitrogens with one attached hydrogen (secondary N) is 2. The number of urea groups is 1. The molecule has 0 aliphatic heterocycles. The van der Waals surface area contributed by atoms with Crippen LogP contribution in [0.4, 0.5) is 28.8 Å². The van der Waals surface area contributed by atoms with Gasteiger partial charge in [0.2, 0.25) is 0 Å². The Kier molecular flexibility index (Phi) is 4.71. The highest BCUT2D eigenvalue weighted by molar-refractivity contribution is 7.22. The van der Waals surface area contributed by atoms with Gasteiger partial charge in [-0.25, -0.2) is 9.78 Å². The maximum absolute atomic E-state index is 12.7. The summed E-state index contributed by atoms with van der Waals surface area (Å²) in [6.07, 6.45) is -4.45. The lowest BCUT2D eigenvalue weighted by Gasteiger charge is -2.06. The molecule has 0 radical (unpaired) electrons. The van der Waals surface area contributed by atoms with Crippen LogP contribution in [0.15, 0.2) is 36.4 Å². The van der Waals surface area contributed by atoms with E-state index in [0.717, 1.165) is 23.5 Å². The van der Waals surface area contributed by atoms with E-state index in [9.17, 15) is 18.0 Å². The van der Waals surface area contributed by atoms with E-state index in [4.69, 9.17) is 16.9 Å². The number of fused-ring (bicyclic) bond motifs is 1. The first-order valence-corrected chi connectivity index (χ1v) is 8.21. The van der Waals surface area contributed by atoms with Crippen LogP contribution in [0.5, 0.6) is 0 Å². The minimum absolute atomic E-state index is 0.150. The molecule has 2 aromatic carbocycles. The average Bonchev–Trinajstić information content (AvgIpc) is 2.95. The lowest BCUT2D eigenvalue weighted by atomic mass is 10.2. The molecule has 3 aromatic rings. The molecule has 1 aromatic heterocycles. The quantitative estimate of drug-likeness (QED) is 0.601. The molecule has 0 fully saturated rings. The molecular weight excluding hydrogens is 389 g/mol. The monoisotopic (exact) mass is 396 g/mol. The van der Waals surface area contributed by atoms with Crippen molar-refractivity contribution in [1.82, 2.24) is 4.98 Å². The van der Waals surface area contributed by atoms with E-state index < -0.39 is 17.8 Å². The molecule has 1 heterocycles. The van der Waals surface area contributed by atoms with E-state index >= 15 is 0 Å². The molecule has 10 heteroatoms. The number of alkyl halides is 3. The summed E-state index contributed by atoms with van der Waals surface area (Å²) in [7, 11) is 0. The molecule has 0 saturated heterocycles. The molecule has 0 bridgehead atoms. The van der Waals surface area contributed by atoms with Gasteiger partial charge in [-0.2, -0.15) is 18.4 Å². The Morgan fingerprint density at radius 3 is 2.62 bits per heavy atom. The Morgan fingerprint density at radius 1 is 1.19 bits per heavy atom. The van der Waals surface area contributed by atoms with E-state index in [-0.39, 0.29) is 15.7 Å². The van der Waals surface area contributed by atoms with Crippen LogP contribution in [0.1, 0.15) is 11.1 Å². The summed E-state index contributed by atoms with van der Waals surface area (Å²) in [6, 6.07) is 8.79. The van der Waals surface area contributed by atoms with Crippen LogP contribution >= 0.6 is 22.9 Å². The molecule has 26 heavy (non-hydrogen) atoms. The highest BCUT2D eigenvalue weighted by Crippen LogP contribution is 2.34. The van der Waals surface area contributed by atoms with Gasteiger partial charge in [-0.05, 0) is 36.4 Å². The minimum atomic E-state index is -4.45. The number of nitrogens with zero attached hydrogens (tertiary/aromatic N) is 2. The van der Waals surface area contributed by atoms with Crippen LogP contribution < -0.4 is 10.6 Å². The smallest absolute Gasteiger partial charge is 0.308 e. The van der Waals surface area contributed by atoms with E-state index in [2.05, 4.69) is 15.6 Å². The van der Waals surface area contributed by atoms with Gasteiger partial charge in [-0.1, -0.05) is 22.9 Å². The summed E-state index contributed by atoms with van der Waals surface area (Å²) in [5.74, 6) is 0. The number of carbonyl (C=O) groups is 1. The third kappa shape index (κ3) is 3.87. The number of amides is 2. The third-order valence-electron chi connectivity index (χ3n) is 3.28. The fourth-order valence-corrected chi connectivity index (χ4v) is 3.22. The van der Waals surface area contributed by atoms with Gasteiger partial charge in [-0.15, -0.1) is 0 Å². The fourth-order valence-electron chi connectivity index (χ4n) is 2.10. The SMILES string of the molecule is N#Cc1ccc(NC(=O)Nc2nc3ccc(C(F)(F)F)cc3s2)cc1Cl. The minimum Gasteiger partial charge on any atom is -0.308 e. The van der Waals surface area contributed by atoms with E-state index in [1.165, 1.54) is 24.3 Å². The van der Waals surface area contributed by atoms with Gasteiger partial charge in [0.25, 0.3) is 0 Å². The summed E-state index contributed by atoms with van der Waals surface area (Å²) in [6.45, 7) is 0. The summed E-state index contributed by atoms with van der Waals surface area (Å²) >= 11 is 6.81. The normalized spacial score (nSPS) is 11.2. The predicted octanol–water partition coefficient (Wildman–Crippen LogP) is 5.48. The highest BCUT2D eigenvalue weighted by atomic mass is 35.5. The van der Waals surface area contributed by atoms with Crippen LogP contribution in [0.2, 0.25) is 5.02 Å². The Labute approximate surface area is 154 Å². The number of rotatable bonds is 2. The van der Waals surface area contributed by atoms with E-state index in [0.29, 0.717) is 15.9 Å². The topological polar surface area (TPSA) is 77.8 Å². The molecule has 5 nitrogen and oxygen atoms in total. The maximum Gasteiger partial charge on any atom is 0.416 e. The Hall–Kier alpha value is -2.83. The summed E-state index contributed by atoms with van der Waals surface area (Å²) in [5.41, 5.74) is 0.188. The molecule has 0 atom stereocenters. The standard InChI is InChI=1S/C16H8ClF3N4OS/c17-11-6-10(3-1-8(11)7-21)22-14(25)24-15-23-12-4-2-9(16(18,19)20)5-13(12)26-15/h1-6H,(H2,22,23,24,25). The van der Waals surface area contributed by atoms with Gasteiger partial charge in [-0.3, -0.25) is 5.32 Å². The Balaban J connectivity index is 1.75. The van der Waals surface area contributed by atoms with Crippen LogP contribution in [0.25, 0.3) is 10.2 Å². The van der Waals surface area contributed by atoms with Crippen molar-refractivity contribution in [2.24, 2.45) is 0 Å². The fraction of sp³-hybridized carbons (Fsp3) is 0.0625.